The average molecular weight is 470 g/mol. The molecule has 0 unspecified atom stereocenters. The van der Waals surface area contributed by atoms with Gasteiger partial charge < -0.3 is 18.9 Å². The lowest BCUT2D eigenvalue weighted by Crippen LogP contribution is -2.24. The van der Waals surface area contributed by atoms with Crippen molar-refractivity contribution in [2.24, 2.45) is 0 Å². The zero-order valence-electron chi connectivity index (χ0n) is 20.3. The van der Waals surface area contributed by atoms with Gasteiger partial charge in [-0.05, 0) is 54.8 Å². The first-order valence-corrected chi connectivity index (χ1v) is 12.3. The smallest absolute Gasteiger partial charge is 0.227 e. The molecule has 1 aliphatic rings. The van der Waals surface area contributed by atoms with Gasteiger partial charge in [0.2, 0.25) is 5.91 Å². The van der Waals surface area contributed by atoms with Crippen molar-refractivity contribution in [3.05, 3.63) is 84.2 Å². The quantitative estimate of drug-likeness (QED) is 0.300. The number of para-hydroxylation sites is 4. The van der Waals surface area contributed by atoms with E-state index in [-0.39, 0.29) is 11.8 Å². The summed E-state index contributed by atoms with van der Waals surface area (Å²) in [5, 5.41) is 0. The molecule has 1 aromatic heterocycles. The van der Waals surface area contributed by atoms with Crippen LogP contribution < -0.4 is 14.4 Å². The molecule has 1 atom stereocenters. The number of amides is 1. The highest BCUT2D eigenvalue weighted by atomic mass is 16.5. The minimum atomic E-state index is 0.0517. The topological polar surface area (TPSA) is 56.6 Å². The summed E-state index contributed by atoms with van der Waals surface area (Å²) in [6.07, 6.45) is 2.27. The monoisotopic (exact) mass is 469 g/mol. The standard InChI is InChI=1S/C29H31N3O3/c1-3-21-13-15-23(16-14-21)32-20-22(19-28(32)33)29-30-24-9-4-5-10-25(24)31(29)17-8-18-35-27-12-7-6-11-26(27)34-2/h4-7,9-16,22H,3,8,17-20H2,1-2H3/t22-/m0/s1. The van der Waals surface area contributed by atoms with Crippen LogP contribution in [0.5, 0.6) is 11.5 Å². The first-order chi connectivity index (χ1) is 17.2. The number of carbonyl (C=O) groups is 1. The highest BCUT2D eigenvalue weighted by Crippen LogP contribution is 2.33. The second-order valence-corrected chi connectivity index (χ2v) is 8.89. The van der Waals surface area contributed by atoms with Crippen LogP contribution in [-0.4, -0.2) is 35.7 Å². The highest BCUT2D eigenvalue weighted by Gasteiger charge is 2.34. The van der Waals surface area contributed by atoms with Crippen molar-refractivity contribution in [2.75, 3.05) is 25.2 Å². The Hall–Kier alpha value is -3.80. The van der Waals surface area contributed by atoms with Crippen LogP contribution in [0, 0.1) is 0 Å². The second kappa shape index (κ2) is 10.2. The Balaban J connectivity index is 1.33. The fourth-order valence-corrected chi connectivity index (χ4v) is 4.83. The molecule has 0 spiro atoms. The normalized spacial score (nSPS) is 15.7. The van der Waals surface area contributed by atoms with Crippen molar-refractivity contribution in [2.45, 2.75) is 38.6 Å². The summed E-state index contributed by atoms with van der Waals surface area (Å²) in [5.41, 5.74) is 4.29. The van der Waals surface area contributed by atoms with E-state index in [9.17, 15) is 4.79 Å². The molecule has 1 amide bonds. The number of ether oxygens (including phenoxy) is 2. The summed E-state index contributed by atoms with van der Waals surface area (Å²) in [6.45, 7) is 4.11. The van der Waals surface area contributed by atoms with E-state index >= 15 is 0 Å². The number of aryl methyl sites for hydroxylation is 2. The molecule has 0 aliphatic carbocycles. The number of carbonyl (C=O) groups excluding carboxylic acids is 1. The second-order valence-electron chi connectivity index (χ2n) is 8.89. The molecule has 3 aromatic carbocycles. The predicted octanol–water partition coefficient (Wildman–Crippen LogP) is 5.60. The van der Waals surface area contributed by atoms with Crippen LogP contribution in [-0.2, 0) is 17.8 Å². The summed E-state index contributed by atoms with van der Waals surface area (Å²) < 4.78 is 13.6. The molecule has 4 aromatic rings. The molecule has 180 valence electrons. The Bertz CT molecular complexity index is 1310. The molecule has 2 heterocycles. The predicted molar refractivity (Wildman–Crippen MR) is 138 cm³/mol. The van der Waals surface area contributed by atoms with Crippen LogP contribution in [0.3, 0.4) is 0 Å². The minimum Gasteiger partial charge on any atom is -0.493 e. The van der Waals surface area contributed by atoms with Crippen molar-refractivity contribution < 1.29 is 14.3 Å². The maximum atomic E-state index is 13.0. The van der Waals surface area contributed by atoms with E-state index in [1.165, 1.54) is 5.56 Å². The van der Waals surface area contributed by atoms with Gasteiger partial charge in [0.1, 0.15) is 5.82 Å². The minimum absolute atomic E-state index is 0.0517. The molecule has 6 heteroatoms. The molecule has 5 rings (SSSR count). The SMILES string of the molecule is CCc1ccc(N2C[C@@H](c3nc4ccccc4n3CCCOc3ccccc3OC)CC2=O)cc1. The Morgan fingerprint density at radius 1 is 0.971 bits per heavy atom. The third-order valence-electron chi connectivity index (χ3n) is 6.68. The van der Waals surface area contributed by atoms with Crippen LogP contribution in [0.2, 0.25) is 0 Å². The largest absolute Gasteiger partial charge is 0.493 e. The summed E-state index contributed by atoms with van der Waals surface area (Å²) in [4.78, 5) is 19.8. The van der Waals surface area contributed by atoms with Crippen LogP contribution in [0.4, 0.5) is 5.69 Å². The Labute approximate surface area is 206 Å². The summed E-state index contributed by atoms with van der Waals surface area (Å²) >= 11 is 0. The third kappa shape index (κ3) is 4.74. The van der Waals surface area contributed by atoms with Gasteiger partial charge in [-0.15, -0.1) is 0 Å². The van der Waals surface area contributed by atoms with Gasteiger partial charge in [0.25, 0.3) is 0 Å². The molecule has 6 nitrogen and oxygen atoms in total. The molecule has 0 bridgehead atoms. The average Bonchev–Trinajstić information content (AvgIpc) is 3.47. The molecule has 1 aliphatic heterocycles. The maximum absolute atomic E-state index is 13.0. The number of nitrogens with zero attached hydrogens (tertiary/aromatic N) is 3. The number of methoxy groups -OCH3 is 1. The summed E-state index contributed by atoms with van der Waals surface area (Å²) in [7, 11) is 1.65. The number of benzene rings is 3. The molecule has 0 saturated carbocycles. The summed E-state index contributed by atoms with van der Waals surface area (Å²) in [5.74, 6) is 2.66. The fourth-order valence-electron chi connectivity index (χ4n) is 4.83. The van der Waals surface area contributed by atoms with Gasteiger partial charge in [0.05, 0.1) is 24.8 Å². The molecular formula is C29H31N3O3. The lowest BCUT2D eigenvalue weighted by Gasteiger charge is -2.18. The lowest BCUT2D eigenvalue weighted by atomic mass is 10.1. The van der Waals surface area contributed by atoms with Crippen molar-refractivity contribution in [1.82, 2.24) is 9.55 Å². The molecule has 1 fully saturated rings. The first kappa shape index (κ1) is 23.0. The Morgan fingerprint density at radius 2 is 1.71 bits per heavy atom. The van der Waals surface area contributed by atoms with Gasteiger partial charge in [0, 0.05) is 31.1 Å². The number of rotatable bonds is 9. The maximum Gasteiger partial charge on any atom is 0.227 e. The van der Waals surface area contributed by atoms with Gasteiger partial charge in [0.15, 0.2) is 11.5 Å². The number of aromatic nitrogens is 2. The number of fused-ring (bicyclic) bond motifs is 1. The van der Waals surface area contributed by atoms with E-state index in [1.54, 1.807) is 7.11 Å². The molecule has 0 radical (unpaired) electrons. The van der Waals surface area contributed by atoms with E-state index in [2.05, 4.69) is 41.8 Å². The van der Waals surface area contributed by atoms with Crippen molar-refractivity contribution in [3.8, 4) is 11.5 Å². The highest BCUT2D eigenvalue weighted by molar-refractivity contribution is 5.96. The molecular weight excluding hydrogens is 438 g/mol. The van der Waals surface area contributed by atoms with Crippen molar-refractivity contribution >= 4 is 22.6 Å². The van der Waals surface area contributed by atoms with E-state index < -0.39 is 0 Å². The molecule has 0 N–H and O–H groups in total. The van der Waals surface area contributed by atoms with Gasteiger partial charge in [-0.2, -0.15) is 0 Å². The fraction of sp³-hybridized carbons (Fsp3) is 0.310. The van der Waals surface area contributed by atoms with Crippen molar-refractivity contribution in [3.63, 3.8) is 0 Å². The number of imidazole rings is 1. The van der Waals surface area contributed by atoms with E-state index in [0.29, 0.717) is 19.6 Å². The van der Waals surface area contributed by atoms with E-state index in [4.69, 9.17) is 14.5 Å². The van der Waals surface area contributed by atoms with E-state index in [0.717, 1.165) is 53.4 Å². The van der Waals surface area contributed by atoms with Gasteiger partial charge in [-0.1, -0.05) is 43.3 Å². The number of hydrogen-bond donors (Lipinski definition) is 0. The van der Waals surface area contributed by atoms with Crippen molar-refractivity contribution in [1.29, 1.82) is 0 Å². The Morgan fingerprint density at radius 3 is 2.49 bits per heavy atom. The van der Waals surface area contributed by atoms with Gasteiger partial charge >= 0.3 is 0 Å². The first-order valence-electron chi connectivity index (χ1n) is 12.3. The third-order valence-corrected chi connectivity index (χ3v) is 6.68. The number of anilines is 1. The van der Waals surface area contributed by atoms with Gasteiger partial charge in [-0.3, -0.25) is 4.79 Å². The Kier molecular flexibility index (Phi) is 6.70. The zero-order chi connectivity index (χ0) is 24.2. The van der Waals surface area contributed by atoms with Crippen LogP contribution >= 0.6 is 0 Å². The number of hydrogen-bond acceptors (Lipinski definition) is 4. The lowest BCUT2D eigenvalue weighted by molar-refractivity contribution is -0.117. The van der Waals surface area contributed by atoms with Crippen LogP contribution in [0.15, 0.2) is 72.8 Å². The van der Waals surface area contributed by atoms with Gasteiger partial charge in [-0.25, -0.2) is 4.98 Å². The van der Waals surface area contributed by atoms with E-state index in [1.807, 2.05) is 47.4 Å². The zero-order valence-corrected chi connectivity index (χ0v) is 20.3. The van der Waals surface area contributed by atoms with Crippen LogP contribution in [0.25, 0.3) is 11.0 Å². The van der Waals surface area contributed by atoms with Crippen LogP contribution in [0.1, 0.15) is 37.1 Å². The summed E-state index contributed by atoms with van der Waals surface area (Å²) in [6, 6.07) is 24.2. The molecule has 1 saturated heterocycles. The molecule has 35 heavy (non-hydrogen) atoms.